The number of nitriles is 1. The Morgan fingerprint density at radius 1 is 1.12 bits per heavy atom. The average molecular weight is 345 g/mol. The molecule has 0 N–H and O–H groups in total. The van der Waals surface area contributed by atoms with Gasteiger partial charge in [0.05, 0.1) is 11.6 Å². The van der Waals surface area contributed by atoms with Crippen molar-refractivity contribution in [3.8, 4) is 17.2 Å². The van der Waals surface area contributed by atoms with Crippen LogP contribution < -0.4 is 0 Å². The van der Waals surface area contributed by atoms with Crippen molar-refractivity contribution < 1.29 is 4.79 Å². The normalized spacial score (nSPS) is 23.6. The summed E-state index contributed by atoms with van der Waals surface area (Å²) in [7, 11) is 4.23. The second kappa shape index (κ2) is 6.59. The molecule has 2 aliphatic rings. The summed E-state index contributed by atoms with van der Waals surface area (Å²) in [6.07, 6.45) is 0. The zero-order chi connectivity index (χ0) is 18.3. The second-order valence-corrected chi connectivity index (χ2v) is 7.74. The Bertz CT molecular complexity index is 871. The predicted octanol–water partition coefficient (Wildman–Crippen LogP) is 3.10. The Morgan fingerprint density at radius 3 is 2.42 bits per heavy atom. The van der Waals surface area contributed by atoms with Gasteiger partial charge < -0.3 is 9.80 Å². The van der Waals surface area contributed by atoms with Crippen molar-refractivity contribution in [1.29, 1.82) is 5.26 Å². The quantitative estimate of drug-likeness (QED) is 0.855. The third kappa shape index (κ3) is 3.11. The van der Waals surface area contributed by atoms with Gasteiger partial charge in [-0.25, -0.2) is 0 Å². The molecule has 1 saturated carbocycles. The molecule has 2 aromatic carbocycles. The van der Waals surface area contributed by atoms with Crippen molar-refractivity contribution >= 4 is 5.91 Å². The molecule has 1 saturated heterocycles. The van der Waals surface area contributed by atoms with Crippen LogP contribution in [0.3, 0.4) is 0 Å². The highest BCUT2D eigenvalue weighted by Crippen LogP contribution is 2.52. The molecule has 26 heavy (non-hydrogen) atoms. The van der Waals surface area contributed by atoms with Gasteiger partial charge in [-0.05, 0) is 67.2 Å². The van der Waals surface area contributed by atoms with Crippen LogP contribution in [0, 0.1) is 29.1 Å². The number of carbonyl (C=O) groups excluding carboxylic acids is 1. The van der Waals surface area contributed by atoms with Gasteiger partial charge in [-0.15, -0.1) is 0 Å². The van der Waals surface area contributed by atoms with Gasteiger partial charge in [-0.3, -0.25) is 4.79 Å². The zero-order valence-corrected chi connectivity index (χ0v) is 15.2. The molecule has 1 unspecified atom stereocenters. The number of fused-ring (bicyclic) bond motifs is 1. The molecule has 2 aromatic rings. The minimum atomic E-state index is 0.124. The first kappa shape index (κ1) is 16.8. The molecule has 1 heterocycles. The molecular weight excluding hydrogens is 322 g/mol. The van der Waals surface area contributed by atoms with E-state index in [0.29, 0.717) is 17.4 Å². The van der Waals surface area contributed by atoms with Crippen molar-refractivity contribution in [3.63, 3.8) is 0 Å². The zero-order valence-electron chi connectivity index (χ0n) is 15.2. The molecule has 4 rings (SSSR count). The molecule has 2 fully saturated rings. The third-order valence-electron chi connectivity index (χ3n) is 5.67. The molecule has 0 aromatic heterocycles. The highest BCUT2D eigenvalue weighted by atomic mass is 16.2. The molecule has 1 aliphatic carbocycles. The lowest BCUT2D eigenvalue weighted by atomic mass is 10.0. The number of carbonyl (C=O) groups is 1. The fourth-order valence-corrected chi connectivity index (χ4v) is 4.29. The maximum Gasteiger partial charge on any atom is 0.253 e. The Hall–Kier alpha value is -2.64. The molecule has 4 nitrogen and oxygen atoms in total. The van der Waals surface area contributed by atoms with Crippen LogP contribution in [0.25, 0.3) is 11.1 Å². The van der Waals surface area contributed by atoms with E-state index in [9.17, 15) is 4.79 Å². The van der Waals surface area contributed by atoms with E-state index in [1.807, 2.05) is 47.4 Å². The van der Waals surface area contributed by atoms with E-state index in [4.69, 9.17) is 5.26 Å². The smallest absolute Gasteiger partial charge is 0.253 e. The van der Waals surface area contributed by atoms with Gasteiger partial charge in [-0.1, -0.05) is 24.3 Å². The highest BCUT2D eigenvalue weighted by Gasteiger charge is 2.56. The SMILES string of the molecule is CN(C)CC1[C@H]2CN(C(=O)c3cccc(-c4cccc(C#N)c4)c3)C[C@@H]12. The summed E-state index contributed by atoms with van der Waals surface area (Å²) in [5.74, 6) is 2.24. The fourth-order valence-electron chi connectivity index (χ4n) is 4.29. The van der Waals surface area contributed by atoms with Crippen molar-refractivity contribution in [2.75, 3.05) is 33.7 Å². The molecule has 0 bridgehead atoms. The number of hydrogen-bond donors (Lipinski definition) is 0. The number of benzene rings is 2. The third-order valence-corrected chi connectivity index (χ3v) is 5.67. The molecule has 1 amide bonds. The molecular formula is C22H23N3O. The summed E-state index contributed by atoms with van der Waals surface area (Å²) < 4.78 is 0. The van der Waals surface area contributed by atoms with Crippen molar-refractivity contribution in [3.05, 3.63) is 59.7 Å². The maximum atomic E-state index is 12.9. The molecule has 3 atom stereocenters. The first-order valence-electron chi connectivity index (χ1n) is 9.11. The largest absolute Gasteiger partial charge is 0.338 e. The number of hydrogen-bond acceptors (Lipinski definition) is 3. The summed E-state index contributed by atoms with van der Waals surface area (Å²) in [6, 6.07) is 17.4. The van der Waals surface area contributed by atoms with E-state index < -0.39 is 0 Å². The van der Waals surface area contributed by atoms with Crippen LogP contribution in [-0.4, -0.2) is 49.4 Å². The highest BCUT2D eigenvalue weighted by molar-refractivity contribution is 5.95. The van der Waals surface area contributed by atoms with Crippen LogP contribution in [0.4, 0.5) is 0 Å². The van der Waals surface area contributed by atoms with Gasteiger partial charge in [0.1, 0.15) is 0 Å². The Kier molecular flexibility index (Phi) is 4.26. The number of rotatable bonds is 4. The average Bonchev–Trinajstić information content (AvgIpc) is 3.09. The standard InChI is InChI=1S/C22H23N3O/c1-24(2)12-19-20-13-25(14-21(19)20)22(26)18-8-4-7-17(10-18)16-6-3-5-15(9-16)11-23/h3-10,19-21H,12-14H2,1-2H3/t19?,20-,21+. The van der Waals surface area contributed by atoms with E-state index in [0.717, 1.165) is 42.2 Å². The van der Waals surface area contributed by atoms with Crippen LogP contribution in [-0.2, 0) is 0 Å². The summed E-state index contributed by atoms with van der Waals surface area (Å²) in [5.41, 5.74) is 3.30. The van der Waals surface area contributed by atoms with Gasteiger partial charge in [0.15, 0.2) is 0 Å². The number of amides is 1. The predicted molar refractivity (Wildman–Crippen MR) is 102 cm³/mol. The minimum absolute atomic E-state index is 0.124. The van der Waals surface area contributed by atoms with E-state index in [2.05, 4.69) is 25.1 Å². The maximum absolute atomic E-state index is 12.9. The second-order valence-electron chi connectivity index (χ2n) is 7.74. The summed E-state index contributed by atoms with van der Waals surface area (Å²) in [6.45, 7) is 2.90. The number of likely N-dealkylation sites (tertiary alicyclic amines) is 1. The van der Waals surface area contributed by atoms with Crippen LogP contribution in [0.1, 0.15) is 15.9 Å². The van der Waals surface area contributed by atoms with E-state index in [-0.39, 0.29) is 5.91 Å². The molecule has 0 spiro atoms. The Balaban J connectivity index is 1.48. The van der Waals surface area contributed by atoms with Gasteiger partial charge in [0, 0.05) is 25.2 Å². The Labute approximate surface area is 154 Å². The van der Waals surface area contributed by atoms with Crippen LogP contribution in [0.5, 0.6) is 0 Å². The van der Waals surface area contributed by atoms with Crippen LogP contribution >= 0.6 is 0 Å². The van der Waals surface area contributed by atoms with Gasteiger partial charge >= 0.3 is 0 Å². The lowest BCUT2D eigenvalue weighted by Crippen LogP contribution is -2.33. The van der Waals surface area contributed by atoms with Gasteiger partial charge in [-0.2, -0.15) is 5.26 Å². The Morgan fingerprint density at radius 2 is 1.77 bits per heavy atom. The van der Waals surface area contributed by atoms with Crippen LogP contribution in [0.2, 0.25) is 0 Å². The molecule has 1 aliphatic heterocycles. The van der Waals surface area contributed by atoms with E-state index in [1.165, 1.54) is 0 Å². The van der Waals surface area contributed by atoms with Crippen molar-refractivity contribution in [1.82, 2.24) is 9.80 Å². The summed E-state index contributed by atoms with van der Waals surface area (Å²) >= 11 is 0. The van der Waals surface area contributed by atoms with Crippen molar-refractivity contribution in [2.24, 2.45) is 17.8 Å². The molecule has 132 valence electrons. The molecule has 4 heteroatoms. The minimum Gasteiger partial charge on any atom is -0.338 e. The molecule has 0 radical (unpaired) electrons. The topological polar surface area (TPSA) is 47.3 Å². The first-order valence-corrected chi connectivity index (χ1v) is 9.11. The number of nitrogens with zero attached hydrogens (tertiary/aromatic N) is 3. The van der Waals surface area contributed by atoms with Crippen molar-refractivity contribution in [2.45, 2.75) is 0 Å². The summed E-state index contributed by atoms with van der Waals surface area (Å²) in [4.78, 5) is 17.2. The van der Waals surface area contributed by atoms with Crippen LogP contribution in [0.15, 0.2) is 48.5 Å². The van der Waals surface area contributed by atoms with E-state index in [1.54, 1.807) is 6.07 Å². The summed E-state index contributed by atoms with van der Waals surface area (Å²) in [5, 5.41) is 9.09. The fraction of sp³-hybridized carbons (Fsp3) is 0.364. The van der Waals surface area contributed by atoms with E-state index >= 15 is 0 Å². The van der Waals surface area contributed by atoms with Gasteiger partial charge in [0.2, 0.25) is 0 Å². The number of piperidine rings is 1. The van der Waals surface area contributed by atoms with Gasteiger partial charge in [0.25, 0.3) is 5.91 Å². The first-order chi connectivity index (χ1) is 12.6. The monoisotopic (exact) mass is 345 g/mol. The lowest BCUT2D eigenvalue weighted by molar-refractivity contribution is 0.0765. The lowest BCUT2D eigenvalue weighted by Gasteiger charge is -2.21.